The zero-order valence-corrected chi connectivity index (χ0v) is 18.7. The van der Waals surface area contributed by atoms with Gasteiger partial charge in [0.05, 0.1) is 0 Å². The molecule has 1 aromatic rings. The smallest absolute Gasteiger partial charge is 0.303 e. The molecule has 0 bridgehead atoms. The average molecular weight is 475 g/mol. The minimum Gasteiger partial charge on any atom is -0.476 e. The first-order valence-corrected chi connectivity index (χ1v) is 10.5. The highest BCUT2D eigenvalue weighted by molar-refractivity contribution is 9.10. The lowest BCUT2D eigenvalue weighted by Gasteiger charge is -2.40. The van der Waals surface area contributed by atoms with Crippen molar-refractivity contribution in [3.05, 3.63) is 27.7 Å². The maximum Gasteiger partial charge on any atom is 0.303 e. The van der Waals surface area contributed by atoms with Crippen LogP contribution in [0.25, 0.3) is 0 Å². The van der Waals surface area contributed by atoms with Crippen LogP contribution in [0.4, 0.5) is 0 Å². The number of ether oxygens (including phenoxy) is 4. The van der Waals surface area contributed by atoms with Gasteiger partial charge in [-0.3, -0.25) is 14.4 Å². The maximum absolute atomic E-state index is 11.7. The molecule has 0 amide bonds. The van der Waals surface area contributed by atoms with Crippen LogP contribution >= 0.6 is 27.7 Å². The van der Waals surface area contributed by atoms with Gasteiger partial charge >= 0.3 is 17.9 Å². The lowest BCUT2D eigenvalue weighted by atomic mass is 10.1. The molecule has 0 aromatic heterocycles. The summed E-state index contributed by atoms with van der Waals surface area (Å²) in [6, 6.07) is 3.73. The number of esters is 3. The fourth-order valence-electron chi connectivity index (χ4n) is 2.92. The summed E-state index contributed by atoms with van der Waals surface area (Å²) < 4.78 is 23.1. The van der Waals surface area contributed by atoms with Gasteiger partial charge < -0.3 is 18.9 Å². The van der Waals surface area contributed by atoms with Crippen LogP contribution in [0.3, 0.4) is 0 Å². The molecule has 4 atom stereocenters. The third-order valence-corrected chi connectivity index (χ3v) is 6.43. The first-order chi connectivity index (χ1) is 13.1. The second-order valence-corrected chi connectivity index (χ2v) is 8.41. The SMILES string of the molecule is CC(=O)O[C@@H]1[C@@H](OC(C)=O)[C@H](OC(C)=O)CS[C@H]1Oc1cc(C)c(Br)c(C)c1. The third kappa shape index (κ3) is 5.88. The minimum absolute atomic E-state index is 0.328. The summed E-state index contributed by atoms with van der Waals surface area (Å²) >= 11 is 4.84. The van der Waals surface area contributed by atoms with Crippen molar-refractivity contribution < 1.29 is 33.3 Å². The summed E-state index contributed by atoms with van der Waals surface area (Å²) in [5.41, 5.74) is 1.35. The summed E-state index contributed by atoms with van der Waals surface area (Å²) in [4.78, 5) is 34.7. The van der Waals surface area contributed by atoms with E-state index in [0.29, 0.717) is 11.5 Å². The van der Waals surface area contributed by atoms with Crippen LogP contribution in [0.15, 0.2) is 16.6 Å². The van der Waals surface area contributed by atoms with E-state index in [1.165, 1.54) is 32.5 Å². The Hall–Kier alpha value is -1.74. The highest BCUT2D eigenvalue weighted by Crippen LogP contribution is 2.35. The summed E-state index contributed by atoms with van der Waals surface area (Å²) in [6.07, 6.45) is -2.65. The average Bonchev–Trinajstić information content (AvgIpc) is 2.56. The normalized spacial score (nSPS) is 24.2. The van der Waals surface area contributed by atoms with E-state index in [9.17, 15) is 14.4 Å². The Bertz CT molecular complexity index is 744. The zero-order chi connectivity index (χ0) is 21.0. The number of carbonyl (C=O) groups is 3. The minimum atomic E-state index is -0.964. The monoisotopic (exact) mass is 474 g/mol. The fraction of sp³-hybridized carbons (Fsp3) is 0.526. The standard InChI is InChI=1S/C19H23BrO7S/c1-9-6-14(7-10(2)16(9)20)27-19-18(26-13(5)23)17(25-12(4)22)15(8-28-19)24-11(3)21/h6-7,15,17-19H,8H2,1-5H3/t15-,17+,18-,19-/m1/s1. The molecule has 1 saturated heterocycles. The third-order valence-electron chi connectivity index (χ3n) is 3.97. The molecule has 0 saturated carbocycles. The number of aryl methyl sites for hydroxylation is 2. The summed E-state index contributed by atoms with van der Waals surface area (Å²) in [5, 5.41) is 0. The molecule has 7 nitrogen and oxygen atoms in total. The molecular weight excluding hydrogens is 452 g/mol. The molecule has 0 unspecified atom stereocenters. The molecule has 0 spiro atoms. The van der Waals surface area contributed by atoms with E-state index in [-0.39, 0.29) is 0 Å². The Morgan fingerprint density at radius 1 is 0.929 bits per heavy atom. The van der Waals surface area contributed by atoms with E-state index >= 15 is 0 Å². The van der Waals surface area contributed by atoms with E-state index < -0.39 is 41.7 Å². The van der Waals surface area contributed by atoms with Crippen molar-refractivity contribution in [1.82, 2.24) is 0 Å². The number of rotatable bonds is 5. The molecule has 1 aliphatic rings. The van der Waals surface area contributed by atoms with Crippen LogP contribution in [0.5, 0.6) is 5.75 Å². The molecule has 9 heteroatoms. The zero-order valence-electron chi connectivity index (χ0n) is 16.3. The number of thioether (sulfide) groups is 1. The second kappa shape index (κ2) is 9.65. The maximum atomic E-state index is 11.7. The predicted octanol–water partition coefficient (Wildman–Crippen LogP) is 3.31. The Labute approximate surface area is 176 Å². The number of halogens is 1. The highest BCUT2D eigenvalue weighted by Gasteiger charge is 2.47. The van der Waals surface area contributed by atoms with Gasteiger partial charge in [0, 0.05) is 31.0 Å². The molecule has 28 heavy (non-hydrogen) atoms. The van der Waals surface area contributed by atoms with Crippen molar-refractivity contribution in [1.29, 1.82) is 0 Å². The van der Waals surface area contributed by atoms with Gasteiger partial charge in [0.2, 0.25) is 0 Å². The Morgan fingerprint density at radius 2 is 1.43 bits per heavy atom. The molecule has 1 heterocycles. The fourth-order valence-corrected chi connectivity index (χ4v) is 4.36. The van der Waals surface area contributed by atoms with E-state index in [0.717, 1.165) is 15.6 Å². The Morgan fingerprint density at radius 3 is 1.93 bits per heavy atom. The molecular formula is C19H23BrO7S. The molecule has 154 valence electrons. The summed E-state index contributed by atoms with van der Waals surface area (Å²) in [7, 11) is 0. The molecule has 2 rings (SSSR count). The molecule has 0 radical (unpaired) electrons. The first-order valence-electron chi connectivity index (χ1n) is 8.65. The van der Waals surface area contributed by atoms with Crippen molar-refractivity contribution >= 4 is 45.6 Å². The Kier molecular flexibility index (Phi) is 7.77. The van der Waals surface area contributed by atoms with Crippen LogP contribution < -0.4 is 4.74 Å². The topological polar surface area (TPSA) is 88.1 Å². The molecule has 1 aromatic carbocycles. The van der Waals surface area contributed by atoms with Gasteiger partial charge in [-0.2, -0.15) is 0 Å². The summed E-state index contributed by atoms with van der Waals surface area (Å²) in [5.74, 6) is -0.708. The van der Waals surface area contributed by atoms with E-state index in [1.54, 1.807) is 0 Å². The molecule has 1 fully saturated rings. The van der Waals surface area contributed by atoms with Crippen LogP contribution in [-0.2, 0) is 28.6 Å². The van der Waals surface area contributed by atoms with Crippen molar-refractivity contribution in [2.45, 2.75) is 58.4 Å². The van der Waals surface area contributed by atoms with E-state index in [1.807, 2.05) is 26.0 Å². The van der Waals surface area contributed by atoms with E-state index in [4.69, 9.17) is 18.9 Å². The number of carbonyl (C=O) groups excluding carboxylic acids is 3. The Balaban J connectivity index is 2.32. The quantitative estimate of drug-likeness (QED) is 0.474. The van der Waals surface area contributed by atoms with Gasteiger partial charge in [-0.05, 0) is 37.1 Å². The van der Waals surface area contributed by atoms with Gasteiger partial charge in [-0.1, -0.05) is 15.9 Å². The summed E-state index contributed by atoms with van der Waals surface area (Å²) in [6.45, 7) is 7.66. The molecule has 0 aliphatic carbocycles. The van der Waals surface area contributed by atoms with E-state index in [2.05, 4.69) is 15.9 Å². The van der Waals surface area contributed by atoms with Crippen LogP contribution in [-0.4, -0.2) is 47.4 Å². The van der Waals surface area contributed by atoms with Gasteiger partial charge in [-0.15, -0.1) is 11.8 Å². The lowest BCUT2D eigenvalue weighted by Crippen LogP contribution is -2.55. The van der Waals surface area contributed by atoms with Crippen LogP contribution in [0, 0.1) is 13.8 Å². The van der Waals surface area contributed by atoms with Crippen molar-refractivity contribution in [3.63, 3.8) is 0 Å². The van der Waals surface area contributed by atoms with Crippen LogP contribution in [0.1, 0.15) is 31.9 Å². The predicted molar refractivity (Wildman–Crippen MR) is 107 cm³/mol. The van der Waals surface area contributed by atoms with Gasteiger partial charge in [0.1, 0.15) is 5.75 Å². The number of hydrogen-bond donors (Lipinski definition) is 0. The highest BCUT2D eigenvalue weighted by atomic mass is 79.9. The number of benzene rings is 1. The second-order valence-electron chi connectivity index (χ2n) is 6.49. The largest absolute Gasteiger partial charge is 0.476 e. The molecule has 1 aliphatic heterocycles. The van der Waals surface area contributed by atoms with Crippen LogP contribution in [0.2, 0.25) is 0 Å². The number of hydrogen-bond acceptors (Lipinski definition) is 8. The van der Waals surface area contributed by atoms with Crippen molar-refractivity contribution in [3.8, 4) is 5.75 Å². The lowest BCUT2D eigenvalue weighted by molar-refractivity contribution is -0.186. The first kappa shape index (κ1) is 22.5. The molecule has 0 N–H and O–H groups in total. The van der Waals surface area contributed by atoms with Gasteiger partial charge in [0.25, 0.3) is 0 Å². The van der Waals surface area contributed by atoms with Gasteiger partial charge in [-0.25, -0.2) is 0 Å². The van der Waals surface area contributed by atoms with Crippen molar-refractivity contribution in [2.24, 2.45) is 0 Å². The van der Waals surface area contributed by atoms with Gasteiger partial charge in [0.15, 0.2) is 23.7 Å². The van der Waals surface area contributed by atoms with Crippen molar-refractivity contribution in [2.75, 3.05) is 5.75 Å².